The van der Waals surface area contributed by atoms with Crippen LogP contribution in [0, 0.1) is 0 Å². The third-order valence-corrected chi connectivity index (χ3v) is 1.23. The second-order valence-electron chi connectivity index (χ2n) is 2.02. The normalized spacial score (nSPS) is 8.00. The van der Waals surface area contributed by atoms with Gasteiger partial charge in [-0.05, 0) is 18.9 Å². The number of methoxy groups -OCH3 is 1. The van der Waals surface area contributed by atoms with E-state index in [4.69, 9.17) is 4.74 Å². The summed E-state index contributed by atoms with van der Waals surface area (Å²) in [5.41, 5.74) is 4.32. The predicted molar refractivity (Wildman–Crippen MR) is 39.2 cm³/mol. The molecule has 0 aliphatic carbocycles. The third-order valence-electron chi connectivity index (χ3n) is 1.23. The van der Waals surface area contributed by atoms with Crippen molar-refractivity contribution in [3.05, 3.63) is 17.1 Å². The standard InChI is InChI=1S/C8H14O/c1-5-7(2)6-8(3)9-4/h5H2,1-4H3. The zero-order valence-electron chi connectivity index (χ0n) is 6.62. The van der Waals surface area contributed by atoms with Gasteiger partial charge in [-0.1, -0.05) is 12.7 Å². The summed E-state index contributed by atoms with van der Waals surface area (Å²) in [6.07, 6.45) is 1.04. The molecule has 0 N–H and O–H groups in total. The average molecular weight is 126 g/mol. The molecule has 0 amide bonds. The van der Waals surface area contributed by atoms with Crippen LogP contribution in [0.4, 0.5) is 0 Å². The van der Waals surface area contributed by atoms with Crippen LogP contribution in [0.3, 0.4) is 0 Å². The van der Waals surface area contributed by atoms with Crippen molar-refractivity contribution in [2.45, 2.75) is 27.2 Å². The lowest BCUT2D eigenvalue weighted by Crippen LogP contribution is -1.76. The molecule has 0 aliphatic heterocycles. The van der Waals surface area contributed by atoms with E-state index in [-0.39, 0.29) is 0 Å². The molecule has 0 saturated carbocycles. The van der Waals surface area contributed by atoms with Crippen LogP contribution in [0.2, 0.25) is 0 Å². The predicted octanol–water partition coefficient (Wildman–Crippen LogP) is 2.49. The first-order valence-corrected chi connectivity index (χ1v) is 3.17. The van der Waals surface area contributed by atoms with Crippen LogP contribution < -0.4 is 0 Å². The van der Waals surface area contributed by atoms with E-state index in [1.165, 1.54) is 5.57 Å². The van der Waals surface area contributed by atoms with E-state index >= 15 is 0 Å². The smallest absolute Gasteiger partial charge is 0.134 e. The summed E-state index contributed by atoms with van der Waals surface area (Å²) in [5.74, 6) is 0.856. The van der Waals surface area contributed by atoms with Crippen molar-refractivity contribution < 1.29 is 4.74 Å². The van der Waals surface area contributed by atoms with Crippen molar-refractivity contribution in [1.29, 1.82) is 0 Å². The first-order valence-electron chi connectivity index (χ1n) is 3.17. The molecule has 0 atom stereocenters. The number of ether oxygens (including phenoxy) is 1. The van der Waals surface area contributed by atoms with Crippen molar-refractivity contribution in [2.75, 3.05) is 7.11 Å². The Morgan fingerprint density at radius 2 is 2.00 bits per heavy atom. The van der Waals surface area contributed by atoms with Gasteiger partial charge in [-0.3, -0.25) is 0 Å². The number of hydrogen-bond donors (Lipinski definition) is 0. The van der Waals surface area contributed by atoms with E-state index in [1.54, 1.807) is 7.11 Å². The van der Waals surface area contributed by atoms with Crippen LogP contribution in [-0.2, 0) is 4.74 Å². The Morgan fingerprint density at radius 1 is 1.44 bits per heavy atom. The Kier molecular flexibility index (Phi) is 3.90. The van der Waals surface area contributed by atoms with Gasteiger partial charge < -0.3 is 4.74 Å². The van der Waals surface area contributed by atoms with Gasteiger partial charge in [-0.15, -0.1) is 0 Å². The summed E-state index contributed by atoms with van der Waals surface area (Å²) in [7, 11) is 1.66. The maximum atomic E-state index is 4.91. The van der Waals surface area contributed by atoms with Crippen molar-refractivity contribution in [3.63, 3.8) is 0 Å². The molecule has 0 saturated heterocycles. The second-order valence-corrected chi connectivity index (χ2v) is 2.02. The van der Waals surface area contributed by atoms with Crippen LogP contribution in [0.5, 0.6) is 0 Å². The fourth-order valence-electron chi connectivity index (χ4n) is 0.440. The highest BCUT2D eigenvalue weighted by atomic mass is 16.5. The van der Waals surface area contributed by atoms with Crippen LogP contribution in [0.25, 0.3) is 0 Å². The summed E-state index contributed by atoms with van der Waals surface area (Å²) < 4.78 is 4.91. The van der Waals surface area contributed by atoms with Crippen molar-refractivity contribution in [3.8, 4) is 0 Å². The maximum absolute atomic E-state index is 4.91. The van der Waals surface area contributed by atoms with Gasteiger partial charge in [0.1, 0.15) is 5.76 Å². The van der Waals surface area contributed by atoms with Gasteiger partial charge in [0, 0.05) is 6.92 Å². The maximum Gasteiger partial charge on any atom is 0.134 e. The molecule has 0 aromatic rings. The van der Waals surface area contributed by atoms with Crippen molar-refractivity contribution in [1.82, 2.24) is 0 Å². The zero-order chi connectivity index (χ0) is 7.28. The van der Waals surface area contributed by atoms with Crippen molar-refractivity contribution >= 4 is 0 Å². The van der Waals surface area contributed by atoms with E-state index in [9.17, 15) is 0 Å². The highest BCUT2D eigenvalue weighted by Gasteiger charge is 1.81. The number of hydrogen-bond acceptors (Lipinski definition) is 1. The van der Waals surface area contributed by atoms with Gasteiger partial charge >= 0.3 is 0 Å². The molecule has 0 bridgehead atoms. The minimum absolute atomic E-state index is 0.856. The molecule has 0 heterocycles. The molecule has 0 radical (unpaired) electrons. The fourth-order valence-corrected chi connectivity index (χ4v) is 0.440. The van der Waals surface area contributed by atoms with E-state index in [0.29, 0.717) is 0 Å². The molecule has 0 fully saturated rings. The Morgan fingerprint density at radius 3 is 2.33 bits per heavy atom. The SMILES string of the molecule is CCC(C)=C=C(C)OC. The molecule has 9 heavy (non-hydrogen) atoms. The lowest BCUT2D eigenvalue weighted by molar-refractivity contribution is 0.294. The molecule has 52 valence electrons. The summed E-state index contributed by atoms with van der Waals surface area (Å²) >= 11 is 0. The molecule has 0 aromatic heterocycles. The highest BCUT2D eigenvalue weighted by Crippen LogP contribution is 1.98. The lowest BCUT2D eigenvalue weighted by atomic mass is 10.2. The minimum atomic E-state index is 0.856. The first kappa shape index (κ1) is 8.32. The van der Waals surface area contributed by atoms with Gasteiger partial charge in [0.05, 0.1) is 7.11 Å². The summed E-state index contributed by atoms with van der Waals surface area (Å²) in [5, 5.41) is 0. The number of rotatable bonds is 2. The van der Waals surface area contributed by atoms with Gasteiger partial charge in [0.2, 0.25) is 0 Å². The summed E-state index contributed by atoms with van der Waals surface area (Å²) in [6.45, 7) is 6.05. The average Bonchev–Trinajstić information content (AvgIpc) is 1.87. The van der Waals surface area contributed by atoms with E-state index in [1.807, 2.05) is 13.8 Å². The fraction of sp³-hybridized carbons (Fsp3) is 0.625. The van der Waals surface area contributed by atoms with Gasteiger partial charge in [-0.2, -0.15) is 0 Å². The molecule has 1 heteroatoms. The molecule has 1 nitrogen and oxygen atoms in total. The first-order chi connectivity index (χ1) is 4.20. The second kappa shape index (κ2) is 4.22. The molecule has 0 aliphatic rings. The monoisotopic (exact) mass is 126 g/mol. The quantitative estimate of drug-likeness (QED) is 0.408. The lowest BCUT2D eigenvalue weighted by Gasteiger charge is -1.93. The third kappa shape index (κ3) is 3.87. The van der Waals surface area contributed by atoms with E-state index < -0.39 is 0 Å². The largest absolute Gasteiger partial charge is 0.493 e. The topological polar surface area (TPSA) is 9.23 Å². The summed E-state index contributed by atoms with van der Waals surface area (Å²) in [6, 6.07) is 0. The molecule has 0 unspecified atom stereocenters. The Balaban J connectivity index is 4.19. The van der Waals surface area contributed by atoms with Crippen LogP contribution >= 0.6 is 0 Å². The molecule has 0 spiro atoms. The van der Waals surface area contributed by atoms with Crippen LogP contribution in [0.15, 0.2) is 17.1 Å². The number of allylic oxidation sites excluding steroid dienone is 1. The minimum Gasteiger partial charge on any atom is -0.493 e. The van der Waals surface area contributed by atoms with E-state index in [2.05, 4.69) is 12.7 Å². The van der Waals surface area contributed by atoms with Gasteiger partial charge in [0.15, 0.2) is 0 Å². The Labute approximate surface area is 57.0 Å². The Hall–Kier alpha value is -0.680. The van der Waals surface area contributed by atoms with E-state index in [0.717, 1.165) is 12.2 Å². The molecule has 0 aromatic carbocycles. The summed E-state index contributed by atoms with van der Waals surface area (Å²) in [4.78, 5) is 0. The Bertz CT molecular complexity index is 125. The van der Waals surface area contributed by atoms with Crippen LogP contribution in [-0.4, -0.2) is 7.11 Å². The highest BCUT2D eigenvalue weighted by molar-refractivity contribution is 4.99. The van der Waals surface area contributed by atoms with Gasteiger partial charge in [0.25, 0.3) is 0 Å². The molecule has 0 rings (SSSR count). The molecular formula is C8H14O. The van der Waals surface area contributed by atoms with Gasteiger partial charge in [-0.25, -0.2) is 0 Å². The molecular weight excluding hydrogens is 112 g/mol. The van der Waals surface area contributed by atoms with Crippen LogP contribution in [0.1, 0.15) is 27.2 Å². The zero-order valence-corrected chi connectivity index (χ0v) is 6.62. The van der Waals surface area contributed by atoms with Crippen molar-refractivity contribution in [2.24, 2.45) is 0 Å².